The number of esters is 1. The lowest BCUT2D eigenvalue weighted by Gasteiger charge is -1.97. The van der Waals surface area contributed by atoms with Gasteiger partial charge in [-0.2, -0.15) is 8.42 Å². The van der Waals surface area contributed by atoms with E-state index < -0.39 is 16.5 Å². The number of hydrogen-bond donors (Lipinski definition) is 2. The van der Waals surface area contributed by atoms with Crippen molar-refractivity contribution < 1.29 is 17.9 Å². The van der Waals surface area contributed by atoms with Gasteiger partial charge in [0.15, 0.2) is 0 Å². The molecule has 0 bridgehead atoms. The third kappa shape index (κ3) is 6.40. The minimum atomic E-state index is -2.48. The number of nitrogens with zero attached hydrogens (tertiary/aromatic N) is 1. The van der Waals surface area contributed by atoms with Crippen molar-refractivity contribution in [3.8, 4) is 0 Å². The number of methoxy groups -OCH3 is 1. The lowest BCUT2D eigenvalue weighted by Crippen LogP contribution is -2.13. The summed E-state index contributed by atoms with van der Waals surface area (Å²) in [6.45, 7) is 0. The second-order valence-corrected chi connectivity index (χ2v) is 3.25. The van der Waals surface area contributed by atoms with Gasteiger partial charge in [0.25, 0.3) is 0 Å². The van der Waals surface area contributed by atoms with Gasteiger partial charge in [0.1, 0.15) is 0 Å². The Morgan fingerprint density at radius 1 is 1.35 bits per heavy atom. The monoisotopic (exact) mass is 259 g/mol. The van der Waals surface area contributed by atoms with E-state index in [4.69, 9.17) is 0 Å². The van der Waals surface area contributed by atoms with Crippen LogP contribution in [-0.4, -0.2) is 28.5 Å². The molecule has 8 heteroatoms. The number of hydrazine groups is 1. The van der Waals surface area contributed by atoms with Crippen LogP contribution >= 0.6 is 0 Å². The molecule has 0 saturated heterocycles. The van der Waals surface area contributed by atoms with Gasteiger partial charge in [-0.3, -0.25) is 11.3 Å². The predicted molar refractivity (Wildman–Crippen MR) is 62.0 cm³/mol. The molecule has 1 rings (SSSR count). The van der Waals surface area contributed by atoms with Crippen LogP contribution in [0, 0.1) is 0 Å². The van der Waals surface area contributed by atoms with Crippen molar-refractivity contribution >= 4 is 22.2 Å². The van der Waals surface area contributed by atoms with Crippen LogP contribution in [-0.2, 0) is 15.2 Å². The number of rotatable bonds is 2. The topological polar surface area (TPSA) is 111 Å². The zero-order valence-corrected chi connectivity index (χ0v) is 10.2. The minimum Gasteiger partial charge on any atom is -0.465 e. The van der Waals surface area contributed by atoms with Gasteiger partial charge in [0, 0.05) is 0 Å². The molecular weight excluding hydrogens is 246 g/mol. The second kappa shape index (κ2) is 8.39. The molecule has 0 saturated carbocycles. The van der Waals surface area contributed by atoms with Crippen molar-refractivity contribution in [1.29, 1.82) is 0 Å². The molecule has 0 spiro atoms. The first kappa shape index (κ1) is 15.2. The van der Waals surface area contributed by atoms with E-state index in [1.807, 2.05) is 0 Å². The fraction of sp³-hybridized carbons (Fsp3) is 0.222. The number of carbonyl (C=O) groups is 1. The average Bonchev–Trinajstić information content (AvgIpc) is 2.29. The van der Waals surface area contributed by atoms with Gasteiger partial charge in [-0.25, -0.2) is 4.79 Å². The third-order valence-electron chi connectivity index (χ3n) is 1.47. The lowest BCUT2D eigenvalue weighted by atomic mass is 10.2. The van der Waals surface area contributed by atoms with Crippen LogP contribution in [0.1, 0.15) is 10.4 Å². The van der Waals surface area contributed by atoms with Gasteiger partial charge in [0.05, 0.1) is 18.4 Å². The maximum atomic E-state index is 11.0. The largest absolute Gasteiger partial charge is 0.465 e. The molecule has 0 unspecified atom stereocenters. The Hall–Kier alpha value is -1.77. The van der Waals surface area contributed by atoms with E-state index in [-0.39, 0.29) is 5.69 Å². The van der Waals surface area contributed by atoms with Crippen LogP contribution in [0.4, 0.5) is 5.69 Å². The summed E-state index contributed by atoms with van der Waals surface area (Å²) in [6, 6.07) is 5.72. The molecule has 1 aromatic rings. The van der Waals surface area contributed by atoms with Crippen molar-refractivity contribution in [1.82, 2.24) is 5.43 Å². The Balaban J connectivity index is 0.000000770. The maximum Gasteiger partial charge on any atom is 0.337 e. The van der Waals surface area contributed by atoms with Crippen LogP contribution in [0.15, 0.2) is 28.6 Å². The van der Waals surface area contributed by atoms with E-state index in [2.05, 4.69) is 20.4 Å². The summed E-state index contributed by atoms with van der Waals surface area (Å²) in [5.74, 6) is 4.12. The summed E-state index contributed by atoms with van der Waals surface area (Å²) in [6.07, 6.45) is 0. The normalized spacial score (nSPS) is 8.65. The SMILES string of the molecule is CNN.COC(=O)c1ccc(N=S(=O)=O)cc1. The Bertz CT molecular complexity index is 473. The Kier molecular flexibility index (Phi) is 7.52. The van der Waals surface area contributed by atoms with Crippen molar-refractivity contribution in [3.63, 3.8) is 0 Å². The van der Waals surface area contributed by atoms with E-state index in [1.165, 1.54) is 31.4 Å². The summed E-state index contributed by atoms with van der Waals surface area (Å²) >= 11 is 0. The Morgan fingerprint density at radius 2 is 1.82 bits per heavy atom. The summed E-state index contributed by atoms with van der Waals surface area (Å²) < 4.78 is 28.1. The van der Waals surface area contributed by atoms with Gasteiger partial charge in [-0.1, -0.05) is 0 Å². The highest BCUT2D eigenvalue weighted by molar-refractivity contribution is 7.61. The molecule has 0 aromatic heterocycles. The first-order chi connectivity index (χ1) is 8.04. The van der Waals surface area contributed by atoms with Gasteiger partial charge >= 0.3 is 16.5 Å². The van der Waals surface area contributed by atoms with Crippen molar-refractivity contribution in [2.24, 2.45) is 10.2 Å². The molecule has 0 atom stereocenters. The molecule has 1 aromatic carbocycles. The zero-order valence-electron chi connectivity index (χ0n) is 9.38. The summed E-state index contributed by atoms with van der Waals surface area (Å²) in [5.41, 5.74) is 2.87. The molecule has 0 radical (unpaired) electrons. The smallest absolute Gasteiger partial charge is 0.337 e. The van der Waals surface area contributed by atoms with Crippen LogP contribution in [0.2, 0.25) is 0 Å². The number of nitrogens with two attached hydrogens (primary N) is 1. The molecule has 0 aliphatic carbocycles. The van der Waals surface area contributed by atoms with Crippen molar-refractivity contribution in [2.75, 3.05) is 14.2 Å². The van der Waals surface area contributed by atoms with Crippen LogP contribution in [0.3, 0.4) is 0 Å². The highest BCUT2D eigenvalue weighted by Gasteiger charge is 2.03. The minimum absolute atomic E-state index is 0.269. The van der Waals surface area contributed by atoms with Crippen LogP contribution < -0.4 is 11.3 Å². The molecular formula is C9H13N3O4S. The Morgan fingerprint density at radius 3 is 2.18 bits per heavy atom. The first-order valence-electron chi connectivity index (χ1n) is 4.42. The zero-order chi connectivity index (χ0) is 13.3. The molecule has 3 N–H and O–H groups in total. The highest BCUT2D eigenvalue weighted by Crippen LogP contribution is 2.12. The van der Waals surface area contributed by atoms with E-state index in [1.54, 1.807) is 7.05 Å². The van der Waals surface area contributed by atoms with E-state index in [0.717, 1.165) is 0 Å². The van der Waals surface area contributed by atoms with Gasteiger partial charge in [-0.15, -0.1) is 4.36 Å². The van der Waals surface area contributed by atoms with E-state index in [0.29, 0.717) is 5.56 Å². The molecule has 0 fully saturated rings. The maximum absolute atomic E-state index is 11.0. The van der Waals surface area contributed by atoms with Gasteiger partial charge in [0.2, 0.25) is 0 Å². The number of ether oxygens (including phenoxy) is 1. The van der Waals surface area contributed by atoms with Crippen LogP contribution in [0.25, 0.3) is 0 Å². The van der Waals surface area contributed by atoms with Gasteiger partial charge in [-0.05, 0) is 31.3 Å². The first-order valence-corrected chi connectivity index (χ1v) is 5.45. The molecule has 94 valence electrons. The van der Waals surface area contributed by atoms with Gasteiger partial charge < -0.3 is 4.74 Å². The van der Waals surface area contributed by atoms with Crippen molar-refractivity contribution in [2.45, 2.75) is 0 Å². The second-order valence-electron chi connectivity index (χ2n) is 2.64. The molecule has 0 aliphatic heterocycles. The predicted octanol–water partition coefficient (Wildman–Crippen LogP) is 0.247. The highest BCUT2D eigenvalue weighted by atomic mass is 32.2. The Labute approximate surface area is 100 Å². The fourth-order valence-corrected chi connectivity index (χ4v) is 1.16. The molecule has 0 aliphatic rings. The number of hydrogen-bond acceptors (Lipinski definition) is 7. The summed E-state index contributed by atoms with van der Waals surface area (Å²) in [4.78, 5) is 11.0. The number of nitrogens with one attached hydrogen (secondary N) is 1. The molecule has 0 heterocycles. The summed E-state index contributed by atoms with van der Waals surface area (Å²) in [5, 5.41) is 0. The number of carbonyl (C=O) groups excluding carboxylic acids is 1. The van der Waals surface area contributed by atoms with Crippen molar-refractivity contribution in [3.05, 3.63) is 29.8 Å². The average molecular weight is 259 g/mol. The third-order valence-corrected chi connectivity index (χ3v) is 1.83. The van der Waals surface area contributed by atoms with E-state index in [9.17, 15) is 13.2 Å². The number of benzene rings is 1. The fourth-order valence-electron chi connectivity index (χ4n) is 0.862. The quantitative estimate of drug-likeness (QED) is 0.447. The molecule has 0 amide bonds. The molecule has 17 heavy (non-hydrogen) atoms. The lowest BCUT2D eigenvalue weighted by molar-refractivity contribution is 0.0601. The van der Waals surface area contributed by atoms with E-state index >= 15 is 0 Å². The summed E-state index contributed by atoms with van der Waals surface area (Å²) in [7, 11) is 0.447. The standard InChI is InChI=1S/C8H7NO4S.CH6N2/c1-13-8(10)6-2-4-7(5-3-6)9-14(11)12;1-3-2/h2-5H,1H3;3H,2H2,1H3. The molecule has 7 nitrogen and oxygen atoms in total. The van der Waals surface area contributed by atoms with Crippen LogP contribution in [0.5, 0.6) is 0 Å².